The van der Waals surface area contributed by atoms with E-state index in [0.717, 1.165) is 38.4 Å². The van der Waals surface area contributed by atoms with Crippen molar-refractivity contribution in [2.75, 3.05) is 31.5 Å². The molecule has 0 saturated carbocycles. The lowest BCUT2D eigenvalue weighted by Crippen LogP contribution is -2.49. The number of urea groups is 1. The zero-order valence-electron chi connectivity index (χ0n) is 14.1. The number of aromatic amines is 1. The molecule has 0 unspecified atom stereocenters. The Balaban J connectivity index is 1.33. The number of piperazine rings is 1. The Morgan fingerprint density at radius 2 is 1.68 bits per heavy atom. The highest BCUT2D eigenvalue weighted by Crippen LogP contribution is 2.20. The Kier molecular flexibility index (Phi) is 4.39. The van der Waals surface area contributed by atoms with Crippen molar-refractivity contribution in [3.8, 4) is 0 Å². The number of carbonyl (C=O) groups is 1. The Labute approximate surface area is 147 Å². The minimum absolute atomic E-state index is 0.0158. The van der Waals surface area contributed by atoms with Crippen LogP contribution in [0.15, 0.2) is 60.8 Å². The van der Waals surface area contributed by atoms with Gasteiger partial charge >= 0.3 is 6.03 Å². The van der Waals surface area contributed by atoms with Gasteiger partial charge in [-0.15, -0.1) is 0 Å². The summed E-state index contributed by atoms with van der Waals surface area (Å²) >= 11 is 0. The van der Waals surface area contributed by atoms with Gasteiger partial charge in [0.1, 0.15) is 0 Å². The number of benzene rings is 2. The smallest absolute Gasteiger partial charge is 0.321 e. The molecule has 0 radical (unpaired) electrons. The highest BCUT2D eigenvalue weighted by molar-refractivity contribution is 5.89. The number of hydrogen-bond donors (Lipinski definition) is 2. The van der Waals surface area contributed by atoms with Crippen molar-refractivity contribution in [3.63, 3.8) is 0 Å². The lowest BCUT2D eigenvalue weighted by molar-refractivity contribution is 0.143. The number of amides is 2. The third kappa shape index (κ3) is 3.51. The fourth-order valence-corrected chi connectivity index (χ4v) is 3.34. The Morgan fingerprint density at radius 1 is 0.960 bits per heavy atom. The van der Waals surface area contributed by atoms with Crippen LogP contribution in [-0.2, 0) is 6.54 Å². The van der Waals surface area contributed by atoms with Gasteiger partial charge in [-0.05, 0) is 23.8 Å². The van der Waals surface area contributed by atoms with Crippen LogP contribution in [0.5, 0.6) is 0 Å². The molecule has 1 aliphatic rings. The highest BCUT2D eigenvalue weighted by atomic mass is 16.2. The maximum atomic E-state index is 12.4. The van der Waals surface area contributed by atoms with Crippen molar-refractivity contribution in [2.24, 2.45) is 0 Å². The van der Waals surface area contributed by atoms with Gasteiger partial charge in [0.2, 0.25) is 0 Å². The molecule has 4 rings (SSSR count). The molecule has 1 fully saturated rings. The van der Waals surface area contributed by atoms with E-state index in [0.29, 0.717) is 0 Å². The van der Waals surface area contributed by atoms with E-state index in [2.05, 4.69) is 39.6 Å². The molecule has 0 atom stereocenters. The summed E-state index contributed by atoms with van der Waals surface area (Å²) in [5, 5.41) is 4.24. The van der Waals surface area contributed by atoms with Crippen LogP contribution >= 0.6 is 0 Å². The second-order valence-electron chi connectivity index (χ2n) is 6.42. The van der Waals surface area contributed by atoms with Crippen molar-refractivity contribution in [1.29, 1.82) is 0 Å². The average molecular weight is 334 g/mol. The first-order chi connectivity index (χ1) is 12.3. The molecule has 2 N–H and O–H groups in total. The van der Waals surface area contributed by atoms with Gasteiger partial charge in [0.15, 0.2) is 0 Å². The van der Waals surface area contributed by atoms with E-state index in [1.165, 1.54) is 16.5 Å². The summed E-state index contributed by atoms with van der Waals surface area (Å²) in [7, 11) is 0. The number of hydrogen-bond acceptors (Lipinski definition) is 2. The summed E-state index contributed by atoms with van der Waals surface area (Å²) in [5.74, 6) is 0. The van der Waals surface area contributed by atoms with Gasteiger partial charge in [-0.1, -0.05) is 36.4 Å². The number of nitrogens with one attached hydrogen (secondary N) is 2. The monoisotopic (exact) mass is 334 g/mol. The van der Waals surface area contributed by atoms with Gasteiger partial charge in [0, 0.05) is 55.5 Å². The molecule has 5 heteroatoms. The van der Waals surface area contributed by atoms with Crippen molar-refractivity contribution < 1.29 is 4.79 Å². The molecule has 0 spiro atoms. The van der Waals surface area contributed by atoms with Crippen molar-refractivity contribution in [1.82, 2.24) is 14.8 Å². The van der Waals surface area contributed by atoms with E-state index < -0.39 is 0 Å². The minimum Gasteiger partial charge on any atom is -0.361 e. The van der Waals surface area contributed by atoms with Crippen LogP contribution in [0.4, 0.5) is 10.5 Å². The summed E-state index contributed by atoms with van der Waals surface area (Å²) in [6, 6.07) is 18.0. The first-order valence-electron chi connectivity index (χ1n) is 8.68. The number of rotatable bonds is 3. The summed E-state index contributed by atoms with van der Waals surface area (Å²) < 4.78 is 0. The molecule has 128 valence electrons. The van der Waals surface area contributed by atoms with Gasteiger partial charge < -0.3 is 15.2 Å². The van der Waals surface area contributed by atoms with Crippen molar-refractivity contribution in [3.05, 3.63) is 66.4 Å². The molecule has 2 aromatic carbocycles. The van der Waals surface area contributed by atoms with E-state index in [1.807, 2.05) is 41.3 Å². The second kappa shape index (κ2) is 6.99. The maximum absolute atomic E-state index is 12.4. The zero-order chi connectivity index (χ0) is 17.1. The predicted molar refractivity (Wildman–Crippen MR) is 101 cm³/mol. The molecule has 1 aromatic heterocycles. The molecular formula is C20H22N4O. The van der Waals surface area contributed by atoms with Crippen LogP contribution in [-0.4, -0.2) is 47.0 Å². The summed E-state index contributed by atoms with van der Waals surface area (Å²) in [6.45, 7) is 4.20. The third-order valence-corrected chi connectivity index (χ3v) is 4.75. The standard InChI is InChI=1S/C20H22N4O/c25-20(22-17-6-2-1-3-7-17)24-12-10-23(11-13-24)15-16-14-21-19-9-5-4-8-18(16)19/h1-9,14,21H,10-13,15H2,(H,22,25). The van der Waals surface area contributed by atoms with Crippen molar-refractivity contribution >= 4 is 22.6 Å². The minimum atomic E-state index is -0.0158. The number of H-pyrrole nitrogens is 1. The zero-order valence-corrected chi connectivity index (χ0v) is 14.1. The normalized spacial score (nSPS) is 15.4. The lowest BCUT2D eigenvalue weighted by Gasteiger charge is -2.34. The molecule has 0 aliphatic carbocycles. The van der Waals surface area contributed by atoms with Gasteiger partial charge in [0.25, 0.3) is 0 Å². The number of para-hydroxylation sites is 2. The van der Waals surface area contributed by atoms with Gasteiger partial charge in [-0.25, -0.2) is 4.79 Å². The molecular weight excluding hydrogens is 312 g/mol. The number of anilines is 1. The molecule has 5 nitrogen and oxygen atoms in total. The van der Waals surface area contributed by atoms with Crippen molar-refractivity contribution in [2.45, 2.75) is 6.54 Å². The van der Waals surface area contributed by atoms with E-state index in [-0.39, 0.29) is 6.03 Å². The molecule has 0 bridgehead atoms. The van der Waals surface area contributed by atoms with Crippen LogP contribution in [0.1, 0.15) is 5.56 Å². The molecule has 2 heterocycles. The summed E-state index contributed by atoms with van der Waals surface area (Å²) in [5.41, 5.74) is 3.34. The Bertz CT molecular complexity index is 850. The largest absolute Gasteiger partial charge is 0.361 e. The number of carbonyl (C=O) groups excluding carboxylic acids is 1. The van der Waals surface area contributed by atoms with Crippen LogP contribution in [0, 0.1) is 0 Å². The number of aromatic nitrogens is 1. The van der Waals surface area contributed by atoms with E-state index in [1.54, 1.807) is 0 Å². The van der Waals surface area contributed by atoms with Crippen LogP contribution in [0.3, 0.4) is 0 Å². The van der Waals surface area contributed by atoms with E-state index in [9.17, 15) is 4.79 Å². The van der Waals surface area contributed by atoms with Gasteiger partial charge in [0.05, 0.1) is 0 Å². The van der Waals surface area contributed by atoms with Crippen LogP contribution < -0.4 is 5.32 Å². The molecule has 2 amide bonds. The Morgan fingerprint density at radius 3 is 2.48 bits per heavy atom. The first kappa shape index (κ1) is 15.7. The van der Waals surface area contributed by atoms with Crippen LogP contribution in [0.25, 0.3) is 10.9 Å². The first-order valence-corrected chi connectivity index (χ1v) is 8.68. The molecule has 3 aromatic rings. The molecule has 1 aliphatic heterocycles. The quantitative estimate of drug-likeness (QED) is 0.770. The predicted octanol–water partition coefficient (Wildman–Crippen LogP) is 3.52. The fraction of sp³-hybridized carbons (Fsp3) is 0.250. The summed E-state index contributed by atoms with van der Waals surface area (Å²) in [4.78, 5) is 20.0. The van der Waals surface area contributed by atoms with E-state index in [4.69, 9.17) is 0 Å². The number of fused-ring (bicyclic) bond motifs is 1. The fourth-order valence-electron chi connectivity index (χ4n) is 3.34. The van der Waals surface area contributed by atoms with E-state index >= 15 is 0 Å². The topological polar surface area (TPSA) is 51.4 Å². The van der Waals surface area contributed by atoms with Crippen LogP contribution in [0.2, 0.25) is 0 Å². The highest BCUT2D eigenvalue weighted by Gasteiger charge is 2.21. The third-order valence-electron chi connectivity index (χ3n) is 4.75. The average Bonchev–Trinajstić information content (AvgIpc) is 3.06. The second-order valence-corrected chi connectivity index (χ2v) is 6.42. The SMILES string of the molecule is O=C(Nc1ccccc1)N1CCN(Cc2c[nH]c3ccccc23)CC1. The summed E-state index contributed by atoms with van der Waals surface area (Å²) in [6.07, 6.45) is 2.10. The Hall–Kier alpha value is -2.79. The van der Waals surface area contributed by atoms with Gasteiger partial charge in [-0.2, -0.15) is 0 Å². The number of nitrogens with zero attached hydrogens (tertiary/aromatic N) is 2. The lowest BCUT2D eigenvalue weighted by atomic mass is 10.1. The molecule has 1 saturated heterocycles. The molecule has 25 heavy (non-hydrogen) atoms. The van der Waals surface area contributed by atoms with Gasteiger partial charge in [-0.3, -0.25) is 4.90 Å². The maximum Gasteiger partial charge on any atom is 0.321 e.